The molecular formula is C20H25N3O2. The number of piperazine rings is 1. The van der Waals surface area contributed by atoms with Crippen molar-refractivity contribution in [1.82, 2.24) is 10.2 Å². The predicted molar refractivity (Wildman–Crippen MR) is 100 cm³/mol. The summed E-state index contributed by atoms with van der Waals surface area (Å²) in [6.07, 6.45) is 0.908. The first-order chi connectivity index (χ1) is 12.3. The zero-order chi connectivity index (χ0) is 17.5. The van der Waals surface area contributed by atoms with E-state index in [2.05, 4.69) is 29.3 Å². The highest BCUT2D eigenvalue weighted by atomic mass is 16.5. The van der Waals surface area contributed by atoms with E-state index in [0.717, 1.165) is 30.8 Å². The van der Waals surface area contributed by atoms with Gasteiger partial charge in [0.25, 0.3) is 0 Å². The number of carbonyl (C=O) groups excluding carboxylic acids is 1. The summed E-state index contributed by atoms with van der Waals surface area (Å²) in [5.74, 6) is 0.833. The Morgan fingerprint density at radius 3 is 2.40 bits per heavy atom. The highest BCUT2D eigenvalue weighted by Crippen LogP contribution is 2.18. The van der Waals surface area contributed by atoms with Gasteiger partial charge in [0.05, 0.1) is 0 Å². The van der Waals surface area contributed by atoms with E-state index in [-0.39, 0.29) is 12.8 Å². The van der Waals surface area contributed by atoms with Crippen LogP contribution in [0.1, 0.15) is 12.5 Å². The highest BCUT2D eigenvalue weighted by Gasteiger charge is 2.21. The van der Waals surface area contributed by atoms with Gasteiger partial charge in [0.1, 0.15) is 5.75 Å². The SMILES string of the molecule is CCc1ccccc1OCNC(=O)N1CCN(c2ccccc2)CC1. The maximum atomic E-state index is 12.3. The number of anilines is 1. The zero-order valence-electron chi connectivity index (χ0n) is 14.6. The van der Waals surface area contributed by atoms with Gasteiger partial charge in [-0.15, -0.1) is 0 Å². The first-order valence-electron chi connectivity index (χ1n) is 8.81. The van der Waals surface area contributed by atoms with E-state index in [1.54, 1.807) is 0 Å². The number of para-hydroxylation sites is 2. The summed E-state index contributed by atoms with van der Waals surface area (Å²) in [5.41, 5.74) is 2.36. The Balaban J connectivity index is 1.44. The summed E-state index contributed by atoms with van der Waals surface area (Å²) in [7, 11) is 0. The molecule has 5 nitrogen and oxygen atoms in total. The lowest BCUT2D eigenvalue weighted by molar-refractivity contribution is 0.181. The van der Waals surface area contributed by atoms with E-state index in [9.17, 15) is 4.79 Å². The number of hydrogen-bond acceptors (Lipinski definition) is 3. The van der Waals surface area contributed by atoms with Crippen LogP contribution in [-0.2, 0) is 6.42 Å². The van der Waals surface area contributed by atoms with Crippen molar-refractivity contribution < 1.29 is 9.53 Å². The molecule has 0 bridgehead atoms. The Hall–Kier alpha value is -2.69. The van der Waals surface area contributed by atoms with E-state index in [1.807, 2.05) is 47.4 Å². The van der Waals surface area contributed by atoms with Gasteiger partial charge in [-0.2, -0.15) is 0 Å². The standard InChI is InChI=1S/C20H25N3O2/c1-2-17-8-6-7-11-19(17)25-16-21-20(24)23-14-12-22(13-15-23)18-9-4-3-5-10-18/h3-11H,2,12-16H2,1H3,(H,21,24). The summed E-state index contributed by atoms with van der Waals surface area (Å²) in [6.45, 7) is 5.40. The van der Waals surface area contributed by atoms with Crippen molar-refractivity contribution in [3.05, 3.63) is 60.2 Å². The molecule has 5 heteroatoms. The minimum Gasteiger partial charge on any atom is -0.473 e. The molecule has 1 N–H and O–H groups in total. The molecular weight excluding hydrogens is 314 g/mol. The molecule has 1 heterocycles. The quantitative estimate of drug-likeness (QED) is 0.851. The van der Waals surface area contributed by atoms with Crippen LogP contribution in [0.5, 0.6) is 5.75 Å². The molecule has 0 unspecified atom stereocenters. The van der Waals surface area contributed by atoms with Gasteiger partial charge in [0, 0.05) is 31.9 Å². The summed E-state index contributed by atoms with van der Waals surface area (Å²) in [6, 6.07) is 18.2. The zero-order valence-corrected chi connectivity index (χ0v) is 14.6. The molecule has 3 rings (SSSR count). The largest absolute Gasteiger partial charge is 0.473 e. The van der Waals surface area contributed by atoms with Crippen molar-refractivity contribution >= 4 is 11.7 Å². The number of nitrogens with one attached hydrogen (secondary N) is 1. The first kappa shape index (κ1) is 17.1. The van der Waals surface area contributed by atoms with Crippen LogP contribution in [0.2, 0.25) is 0 Å². The molecule has 0 radical (unpaired) electrons. The number of hydrogen-bond donors (Lipinski definition) is 1. The van der Waals surface area contributed by atoms with Gasteiger partial charge in [-0.1, -0.05) is 43.3 Å². The topological polar surface area (TPSA) is 44.8 Å². The Morgan fingerprint density at radius 2 is 1.68 bits per heavy atom. The Labute approximate surface area is 149 Å². The molecule has 132 valence electrons. The van der Waals surface area contributed by atoms with Gasteiger partial charge in [0.2, 0.25) is 0 Å². The molecule has 1 aliphatic rings. The van der Waals surface area contributed by atoms with Crippen LogP contribution in [0.25, 0.3) is 0 Å². The molecule has 0 saturated carbocycles. The minimum atomic E-state index is -0.0679. The molecule has 25 heavy (non-hydrogen) atoms. The van der Waals surface area contributed by atoms with Gasteiger partial charge >= 0.3 is 6.03 Å². The van der Waals surface area contributed by atoms with Crippen LogP contribution in [-0.4, -0.2) is 43.8 Å². The van der Waals surface area contributed by atoms with Crippen LogP contribution >= 0.6 is 0 Å². The number of benzene rings is 2. The van der Waals surface area contributed by atoms with Crippen LogP contribution in [0.4, 0.5) is 10.5 Å². The third-order valence-electron chi connectivity index (χ3n) is 4.49. The van der Waals surface area contributed by atoms with Gasteiger partial charge < -0.3 is 19.9 Å². The Kier molecular flexibility index (Phi) is 5.77. The predicted octanol–water partition coefficient (Wildman–Crippen LogP) is 3.12. The normalized spacial score (nSPS) is 14.3. The second-order valence-corrected chi connectivity index (χ2v) is 6.04. The second kappa shape index (κ2) is 8.42. The smallest absolute Gasteiger partial charge is 0.320 e. The molecule has 2 amide bonds. The van der Waals surface area contributed by atoms with E-state index in [0.29, 0.717) is 13.1 Å². The fourth-order valence-corrected chi connectivity index (χ4v) is 3.03. The monoisotopic (exact) mass is 339 g/mol. The first-order valence-corrected chi connectivity index (χ1v) is 8.81. The minimum absolute atomic E-state index is 0.0679. The lowest BCUT2D eigenvalue weighted by atomic mass is 10.1. The van der Waals surface area contributed by atoms with Crippen LogP contribution in [0.15, 0.2) is 54.6 Å². The maximum absolute atomic E-state index is 12.3. The number of ether oxygens (including phenoxy) is 1. The number of urea groups is 1. The molecule has 2 aromatic rings. The molecule has 1 saturated heterocycles. The van der Waals surface area contributed by atoms with E-state index in [4.69, 9.17) is 4.74 Å². The lowest BCUT2D eigenvalue weighted by Gasteiger charge is -2.36. The Bertz CT molecular complexity index is 682. The lowest BCUT2D eigenvalue weighted by Crippen LogP contribution is -2.52. The molecule has 2 aromatic carbocycles. The van der Waals surface area contributed by atoms with Crippen molar-refractivity contribution in [1.29, 1.82) is 0 Å². The number of aryl methyl sites for hydroxylation is 1. The van der Waals surface area contributed by atoms with Crippen molar-refractivity contribution in [2.75, 3.05) is 37.8 Å². The third kappa shape index (κ3) is 4.44. The van der Waals surface area contributed by atoms with Gasteiger partial charge in [-0.3, -0.25) is 0 Å². The number of nitrogens with zero attached hydrogens (tertiary/aromatic N) is 2. The maximum Gasteiger partial charge on any atom is 0.320 e. The van der Waals surface area contributed by atoms with Crippen LogP contribution in [0, 0.1) is 0 Å². The number of rotatable bonds is 5. The highest BCUT2D eigenvalue weighted by molar-refractivity contribution is 5.74. The molecule has 1 aliphatic heterocycles. The van der Waals surface area contributed by atoms with Gasteiger partial charge in [-0.25, -0.2) is 4.79 Å². The molecule has 0 spiro atoms. The van der Waals surface area contributed by atoms with Crippen molar-refractivity contribution in [3.8, 4) is 5.75 Å². The van der Waals surface area contributed by atoms with Crippen molar-refractivity contribution in [2.24, 2.45) is 0 Å². The summed E-state index contributed by atoms with van der Waals surface area (Å²) >= 11 is 0. The van der Waals surface area contributed by atoms with E-state index >= 15 is 0 Å². The van der Waals surface area contributed by atoms with Gasteiger partial charge in [-0.05, 0) is 30.2 Å². The second-order valence-electron chi connectivity index (χ2n) is 6.04. The molecule has 0 aliphatic carbocycles. The fraction of sp³-hybridized carbons (Fsp3) is 0.350. The Morgan fingerprint density at radius 1 is 1.00 bits per heavy atom. The number of carbonyl (C=O) groups is 1. The van der Waals surface area contributed by atoms with Crippen LogP contribution < -0.4 is 15.0 Å². The average molecular weight is 339 g/mol. The van der Waals surface area contributed by atoms with Crippen LogP contribution in [0.3, 0.4) is 0 Å². The van der Waals surface area contributed by atoms with E-state index < -0.39 is 0 Å². The summed E-state index contributed by atoms with van der Waals surface area (Å²) < 4.78 is 5.71. The molecule has 0 aromatic heterocycles. The van der Waals surface area contributed by atoms with E-state index in [1.165, 1.54) is 5.69 Å². The summed E-state index contributed by atoms with van der Waals surface area (Å²) in [4.78, 5) is 16.4. The molecule has 1 fully saturated rings. The van der Waals surface area contributed by atoms with Crippen molar-refractivity contribution in [3.63, 3.8) is 0 Å². The summed E-state index contributed by atoms with van der Waals surface area (Å²) in [5, 5.41) is 2.85. The molecule has 0 atom stereocenters. The van der Waals surface area contributed by atoms with Crippen molar-refractivity contribution in [2.45, 2.75) is 13.3 Å². The average Bonchev–Trinajstić information content (AvgIpc) is 2.69. The third-order valence-corrected chi connectivity index (χ3v) is 4.49. The fourth-order valence-electron chi connectivity index (χ4n) is 3.03. The van der Waals surface area contributed by atoms with Gasteiger partial charge in [0.15, 0.2) is 6.73 Å². The number of amides is 2.